The molecule has 118 valence electrons. The normalized spacial score (nSPS) is 11.9. The van der Waals surface area contributed by atoms with Crippen molar-refractivity contribution in [3.8, 4) is 0 Å². The summed E-state index contributed by atoms with van der Waals surface area (Å²) in [6, 6.07) is 13.5. The molecule has 0 spiro atoms. The van der Waals surface area contributed by atoms with E-state index in [0.29, 0.717) is 12.1 Å². The molecule has 0 aliphatic heterocycles. The number of rotatable bonds is 5. The zero-order valence-electron chi connectivity index (χ0n) is 12.3. The summed E-state index contributed by atoms with van der Waals surface area (Å²) < 4.78 is 39.4. The van der Waals surface area contributed by atoms with E-state index in [0.717, 1.165) is 11.6 Å². The van der Waals surface area contributed by atoms with E-state index in [1.54, 1.807) is 11.9 Å². The van der Waals surface area contributed by atoms with Crippen LogP contribution in [-0.4, -0.2) is 17.1 Å². The standard InChI is InChI=1S/C17H18F3NO/c1-21(10-13-6-3-2-4-7-13)11-15-14(12-22)8-5-9-16(15)17(18,19)20/h2-9,22H,10-12H2,1H3. The Balaban J connectivity index is 2.24. The van der Waals surface area contributed by atoms with Crippen LogP contribution in [0.2, 0.25) is 0 Å². The maximum absolute atomic E-state index is 13.1. The van der Waals surface area contributed by atoms with Gasteiger partial charge in [0.1, 0.15) is 0 Å². The lowest BCUT2D eigenvalue weighted by Gasteiger charge is -2.22. The lowest BCUT2D eigenvalue weighted by Crippen LogP contribution is -2.21. The molecule has 2 nitrogen and oxygen atoms in total. The third-order valence-electron chi connectivity index (χ3n) is 3.47. The predicted molar refractivity (Wildman–Crippen MR) is 79.0 cm³/mol. The van der Waals surface area contributed by atoms with Gasteiger partial charge in [0.05, 0.1) is 12.2 Å². The van der Waals surface area contributed by atoms with Crippen LogP contribution in [0, 0.1) is 0 Å². The van der Waals surface area contributed by atoms with Gasteiger partial charge in [0.25, 0.3) is 0 Å². The number of nitrogens with zero attached hydrogens (tertiary/aromatic N) is 1. The second kappa shape index (κ2) is 6.94. The van der Waals surface area contributed by atoms with E-state index in [4.69, 9.17) is 0 Å². The number of alkyl halides is 3. The molecule has 2 rings (SSSR count). The summed E-state index contributed by atoms with van der Waals surface area (Å²) in [7, 11) is 1.77. The first-order chi connectivity index (χ1) is 10.4. The van der Waals surface area contributed by atoms with Crippen molar-refractivity contribution in [2.75, 3.05) is 7.05 Å². The monoisotopic (exact) mass is 309 g/mol. The average molecular weight is 309 g/mol. The molecule has 5 heteroatoms. The second-order valence-corrected chi connectivity index (χ2v) is 5.26. The Kier molecular flexibility index (Phi) is 5.21. The Morgan fingerprint density at radius 1 is 0.955 bits per heavy atom. The Bertz CT molecular complexity index is 611. The minimum Gasteiger partial charge on any atom is -0.392 e. The third-order valence-corrected chi connectivity index (χ3v) is 3.47. The lowest BCUT2D eigenvalue weighted by molar-refractivity contribution is -0.138. The van der Waals surface area contributed by atoms with Crippen LogP contribution in [0.25, 0.3) is 0 Å². The van der Waals surface area contributed by atoms with Gasteiger partial charge in [-0.15, -0.1) is 0 Å². The number of aliphatic hydroxyl groups is 1. The highest BCUT2D eigenvalue weighted by molar-refractivity contribution is 5.37. The van der Waals surface area contributed by atoms with Crippen molar-refractivity contribution in [2.45, 2.75) is 25.9 Å². The molecule has 0 heterocycles. The van der Waals surface area contributed by atoms with Crippen LogP contribution in [0.5, 0.6) is 0 Å². The van der Waals surface area contributed by atoms with Gasteiger partial charge in [0.15, 0.2) is 0 Å². The molecular weight excluding hydrogens is 291 g/mol. The van der Waals surface area contributed by atoms with E-state index >= 15 is 0 Å². The fourth-order valence-electron chi connectivity index (χ4n) is 2.46. The lowest BCUT2D eigenvalue weighted by atomic mass is 10.00. The van der Waals surface area contributed by atoms with Gasteiger partial charge in [-0.05, 0) is 29.8 Å². The fourth-order valence-corrected chi connectivity index (χ4v) is 2.46. The molecule has 0 saturated heterocycles. The molecule has 0 fully saturated rings. The Morgan fingerprint density at radius 2 is 1.64 bits per heavy atom. The number of halogens is 3. The zero-order chi connectivity index (χ0) is 16.2. The number of hydrogen-bond acceptors (Lipinski definition) is 2. The summed E-state index contributed by atoms with van der Waals surface area (Å²) in [5.74, 6) is 0. The first kappa shape index (κ1) is 16.5. The molecule has 0 aliphatic carbocycles. The van der Waals surface area contributed by atoms with Gasteiger partial charge >= 0.3 is 6.18 Å². The van der Waals surface area contributed by atoms with Crippen LogP contribution in [-0.2, 0) is 25.9 Å². The molecule has 1 N–H and O–H groups in total. The van der Waals surface area contributed by atoms with Gasteiger partial charge in [-0.2, -0.15) is 13.2 Å². The molecule has 22 heavy (non-hydrogen) atoms. The molecule has 2 aromatic carbocycles. The molecule has 0 saturated carbocycles. The summed E-state index contributed by atoms with van der Waals surface area (Å²) >= 11 is 0. The van der Waals surface area contributed by atoms with E-state index in [2.05, 4.69) is 0 Å². The number of hydrogen-bond donors (Lipinski definition) is 1. The van der Waals surface area contributed by atoms with Crippen molar-refractivity contribution in [2.24, 2.45) is 0 Å². The van der Waals surface area contributed by atoms with Crippen molar-refractivity contribution in [1.82, 2.24) is 4.90 Å². The van der Waals surface area contributed by atoms with Crippen LogP contribution in [0.15, 0.2) is 48.5 Å². The van der Waals surface area contributed by atoms with E-state index in [-0.39, 0.29) is 12.1 Å². The minimum absolute atomic E-state index is 0.125. The Labute approximate surface area is 127 Å². The highest BCUT2D eigenvalue weighted by atomic mass is 19.4. The Hall–Kier alpha value is -1.85. The quantitative estimate of drug-likeness (QED) is 0.907. The van der Waals surface area contributed by atoms with Gasteiger partial charge in [0.2, 0.25) is 0 Å². The van der Waals surface area contributed by atoms with Gasteiger partial charge in [-0.25, -0.2) is 0 Å². The number of benzene rings is 2. The summed E-state index contributed by atoms with van der Waals surface area (Å²) in [4.78, 5) is 1.80. The highest BCUT2D eigenvalue weighted by Crippen LogP contribution is 2.34. The average Bonchev–Trinajstić information content (AvgIpc) is 2.47. The second-order valence-electron chi connectivity index (χ2n) is 5.26. The highest BCUT2D eigenvalue weighted by Gasteiger charge is 2.34. The topological polar surface area (TPSA) is 23.5 Å². The van der Waals surface area contributed by atoms with Crippen molar-refractivity contribution < 1.29 is 18.3 Å². The summed E-state index contributed by atoms with van der Waals surface area (Å²) in [5, 5.41) is 9.33. The van der Waals surface area contributed by atoms with Crippen LogP contribution < -0.4 is 0 Å². The minimum atomic E-state index is -4.42. The molecule has 0 aromatic heterocycles. The maximum atomic E-state index is 13.1. The van der Waals surface area contributed by atoms with Crippen molar-refractivity contribution in [1.29, 1.82) is 0 Å². The van der Waals surface area contributed by atoms with Crippen LogP contribution in [0.1, 0.15) is 22.3 Å². The molecule has 2 aromatic rings. The smallest absolute Gasteiger partial charge is 0.392 e. The van der Waals surface area contributed by atoms with Crippen LogP contribution >= 0.6 is 0 Å². The molecule has 0 radical (unpaired) electrons. The molecule has 0 atom stereocenters. The summed E-state index contributed by atoms with van der Waals surface area (Å²) in [6.45, 7) is 0.261. The predicted octanol–water partition coefficient (Wildman–Crippen LogP) is 3.83. The molecular formula is C17H18F3NO. The molecule has 0 amide bonds. The van der Waals surface area contributed by atoms with Crippen molar-refractivity contribution in [3.05, 3.63) is 70.8 Å². The molecule has 0 unspecified atom stereocenters. The van der Waals surface area contributed by atoms with Gasteiger partial charge in [-0.3, -0.25) is 4.90 Å². The third kappa shape index (κ3) is 4.08. The maximum Gasteiger partial charge on any atom is 0.416 e. The van der Waals surface area contributed by atoms with E-state index in [9.17, 15) is 18.3 Å². The van der Waals surface area contributed by atoms with E-state index in [1.165, 1.54) is 12.1 Å². The van der Waals surface area contributed by atoms with Crippen molar-refractivity contribution >= 4 is 0 Å². The van der Waals surface area contributed by atoms with Gasteiger partial charge < -0.3 is 5.11 Å². The van der Waals surface area contributed by atoms with E-state index < -0.39 is 18.3 Å². The van der Waals surface area contributed by atoms with Gasteiger partial charge in [0, 0.05) is 13.1 Å². The first-order valence-corrected chi connectivity index (χ1v) is 6.93. The first-order valence-electron chi connectivity index (χ1n) is 6.93. The molecule has 0 bridgehead atoms. The number of aliphatic hydroxyl groups excluding tert-OH is 1. The Morgan fingerprint density at radius 3 is 2.23 bits per heavy atom. The largest absolute Gasteiger partial charge is 0.416 e. The van der Waals surface area contributed by atoms with Crippen molar-refractivity contribution in [3.63, 3.8) is 0 Å². The van der Waals surface area contributed by atoms with Crippen LogP contribution in [0.3, 0.4) is 0 Å². The fraction of sp³-hybridized carbons (Fsp3) is 0.294. The summed E-state index contributed by atoms with van der Waals surface area (Å²) in [6.07, 6.45) is -4.42. The SMILES string of the molecule is CN(Cc1ccccc1)Cc1c(CO)cccc1C(F)(F)F. The van der Waals surface area contributed by atoms with Crippen LogP contribution in [0.4, 0.5) is 13.2 Å². The summed E-state index contributed by atoms with van der Waals surface area (Å²) in [5.41, 5.74) is 0.796. The van der Waals surface area contributed by atoms with Gasteiger partial charge in [-0.1, -0.05) is 42.5 Å². The molecule has 0 aliphatic rings. The zero-order valence-corrected chi connectivity index (χ0v) is 12.3. The van der Waals surface area contributed by atoms with E-state index in [1.807, 2.05) is 30.3 Å².